The standard InChI is InChI=1S/C23H22F4N2/c1-14-10-17(5-7-20(14)29-22(13-28)8-9-22)4-6-19(23(25,26)27)18-11-15(2)21(24)16(3)12-18/h4-7,10-12,19,29H,8-9H2,1-3H3/b6-4+. The highest BCUT2D eigenvalue weighted by molar-refractivity contribution is 5.62. The molecule has 29 heavy (non-hydrogen) atoms. The van der Waals surface area contributed by atoms with Crippen LogP contribution in [0.1, 0.15) is 46.6 Å². The SMILES string of the molecule is Cc1cc(/C=C/C(c2cc(C)c(F)c(C)c2)C(F)(F)F)ccc1NC1(C#N)CC1. The molecule has 0 spiro atoms. The topological polar surface area (TPSA) is 35.8 Å². The summed E-state index contributed by atoms with van der Waals surface area (Å²) in [7, 11) is 0. The summed E-state index contributed by atoms with van der Waals surface area (Å²) < 4.78 is 54.8. The van der Waals surface area contributed by atoms with E-state index >= 15 is 0 Å². The monoisotopic (exact) mass is 402 g/mol. The van der Waals surface area contributed by atoms with E-state index in [2.05, 4.69) is 11.4 Å². The number of nitrogens with zero attached hydrogens (tertiary/aromatic N) is 1. The van der Waals surface area contributed by atoms with Gasteiger partial charge in [0.15, 0.2) is 0 Å². The second-order valence-corrected chi connectivity index (χ2v) is 7.74. The minimum absolute atomic E-state index is 0.0184. The van der Waals surface area contributed by atoms with Gasteiger partial charge >= 0.3 is 6.18 Å². The van der Waals surface area contributed by atoms with Gasteiger partial charge in [-0.1, -0.05) is 30.4 Å². The molecule has 1 fully saturated rings. The van der Waals surface area contributed by atoms with Crippen molar-refractivity contribution in [1.29, 1.82) is 5.26 Å². The molecule has 1 atom stereocenters. The first-order chi connectivity index (χ1) is 13.5. The molecule has 0 aliphatic heterocycles. The molecule has 2 aromatic carbocycles. The van der Waals surface area contributed by atoms with Gasteiger partial charge in [0.05, 0.1) is 12.0 Å². The Hall–Kier alpha value is -2.81. The van der Waals surface area contributed by atoms with Gasteiger partial charge in [0.2, 0.25) is 0 Å². The molecule has 3 rings (SSSR count). The zero-order valence-electron chi connectivity index (χ0n) is 16.5. The Morgan fingerprint density at radius 3 is 2.17 bits per heavy atom. The third kappa shape index (κ3) is 4.61. The van der Waals surface area contributed by atoms with Gasteiger partial charge in [0.25, 0.3) is 0 Å². The van der Waals surface area contributed by atoms with Gasteiger partial charge in [-0.2, -0.15) is 18.4 Å². The summed E-state index contributed by atoms with van der Waals surface area (Å²) in [5.41, 5.74) is 2.18. The van der Waals surface area contributed by atoms with Gasteiger partial charge in [-0.25, -0.2) is 4.39 Å². The molecule has 1 aliphatic rings. The van der Waals surface area contributed by atoms with Crippen molar-refractivity contribution in [3.63, 3.8) is 0 Å². The Kier molecular flexibility index (Phi) is 5.44. The highest BCUT2D eigenvalue weighted by Crippen LogP contribution is 2.40. The fourth-order valence-corrected chi connectivity index (χ4v) is 3.35. The molecule has 1 aliphatic carbocycles. The van der Waals surface area contributed by atoms with Gasteiger partial charge in [0.1, 0.15) is 11.4 Å². The van der Waals surface area contributed by atoms with Gasteiger partial charge in [-0.05, 0) is 73.6 Å². The molecule has 0 radical (unpaired) electrons. The number of aryl methyl sites for hydroxylation is 3. The second-order valence-electron chi connectivity index (χ2n) is 7.74. The van der Waals surface area contributed by atoms with Crippen LogP contribution in [-0.4, -0.2) is 11.7 Å². The first-order valence-electron chi connectivity index (χ1n) is 9.36. The molecular formula is C23H22F4N2. The average Bonchev–Trinajstić information content (AvgIpc) is 3.41. The maximum Gasteiger partial charge on any atom is 0.399 e. The van der Waals surface area contributed by atoms with E-state index in [0.29, 0.717) is 5.56 Å². The molecule has 0 saturated heterocycles. The largest absolute Gasteiger partial charge is 0.399 e. The Morgan fingerprint density at radius 2 is 1.69 bits per heavy atom. The molecule has 152 valence electrons. The Labute approximate surface area is 167 Å². The van der Waals surface area contributed by atoms with Crippen molar-refractivity contribution in [3.05, 3.63) is 70.0 Å². The maximum absolute atomic E-state index is 13.8. The fraction of sp³-hybridized carbons (Fsp3) is 0.348. The van der Waals surface area contributed by atoms with Gasteiger partial charge in [-0.3, -0.25) is 0 Å². The molecular weight excluding hydrogens is 380 g/mol. The Bertz CT molecular complexity index is 972. The lowest BCUT2D eigenvalue weighted by atomic mass is 9.93. The summed E-state index contributed by atoms with van der Waals surface area (Å²) in [4.78, 5) is 0. The number of alkyl halides is 3. The molecule has 1 saturated carbocycles. The third-order valence-corrected chi connectivity index (χ3v) is 5.24. The molecule has 2 nitrogen and oxygen atoms in total. The molecule has 0 bridgehead atoms. The zero-order chi connectivity index (χ0) is 21.4. The van der Waals surface area contributed by atoms with Gasteiger partial charge in [-0.15, -0.1) is 0 Å². The molecule has 2 aromatic rings. The number of nitrogens with one attached hydrogen (secondary N) is 1. The summed E-state index contributed by atoms with van der Waals surface area (Å²) in [6.45, 7) is 4.78. The number of hydrogen-bond donors (Lipinski definition) is 1. The van der Waals surface area contributed by atoms with Crippen LogP contribution in [-0.2, 0) is 0 Å². The number of hydrogen-bond acceptors (Lipinski definition) is 2. The van der Waals surface area contributed by atoms with Crippen molar-refractivity contribution >= 4 is 11.8 Å². The number of benzene rings is 2. The van der Waals surface area contributed by atoms with E-state index in [4.69, 9.17) is 0 Å². The predicted octanol–water partition coefficient (Wildman–Crippen LogP) is 6.58. The summed E-state index contributed by atoms with van der Waals surface area (Å²) in [5, 5.41) is 12.4. The molecule has 6 heteroatoms. The molecule has 1 unspecified atom stereocenters. The van der Waals surface area contributed by atoms with Crippen LogP contribution in [0, 0.1) is 37.9 Å². The van der Waals surface area contributed by atoms with E-state index in [9.17, 15) is 22.8 Å². The Balaban J connectivity index is 1.87. The van der Waals surface area contributed by atoms with Crippen molar-refractivity contribution in [3.8, 4) is 6.07 Å². The normalized spacial score (nSPS) is 16.5. The highest BCUT2D eigenvalue weighted by atomic mass is 19.4. The van der Waals surface area contributed by atoms with Crippen LogP contribution >= 0.6 is 0 Å². The van der Waals surface area contributed by atoms with Crippen LogP contribution in [0.3, 0.4) is 0 Å². The second kappa shape index (κ2) is 7.55. The number of nitriles is 1. The lowest BCUT2D eigenvalue weighted by Crippen LogP contribution is -2.19. The van der Waals surface area contributed by atoms with Crippen molar-refractivity contribution in [1.82, 2.24) is 0 Å². The van der Waals surface area contributed by atoms with Crippen molar-refractivity contribution < 1.29 is 17.6 Å². The minimum atomic E-state index is -4.49. The molecule has 0 amide bonds. The minimum Gasteiger partial charge on any atom is -0.367 e. The van der Waals surface area contributed by atoms with Crippen LogP contribution in [0.15, 0.2) is 36.4 Å². The fourth-order valence-electron chi connectivity index (χ4n) is 3.35. The maximum atomic E-state index is 13.8. The number of rotatable bonds is 5. The van der Waals surface area contributed by atoms with Crippen LogP contribution < -0.4 is 5.32 Å². The lowest BCUT2D eigenvalue weighted by molar-refractivity contribution is -0.139. The lowest BCUT2D eigenvalue weighted by Gasteiger charge is -2.19. The van der Waals surface area contributed by atoms with E-state index < -0.39 is 23.5 Å². The van der Waals surface area contributed by atoms with Gasteiger partial charge in [0, 0.05) is 5.69 Å². The third-order valence-electron chi connectivity index (χ3n) is 5.24. The molecule has 1 N–H and O–H groups in total. The van der Waals surface area contributed by atoms with Gasteiger partial charge < -0.3 is 5.32 Å². The number of anilines is 1. The van der Waals surface area contributed by atoms with Crippen LogP contribution in [0.25, 0.3) is 6.08 Å². The van der Waals surface area contributed by atoms with Crippen LogP contribution in [0.2, 0.25) is 0 Å². The van der Waals surface area contributed by atoms with E-state index in [1.807, 2.05) is 6.92 Å². The average molecular weight is 402 g/mol. The first-order valence-corrected chi connectivity index (χ1v) is 9.36. The molecule has 0 aromatic heterocycles. The first kappa shape index (κ1) is 20.9. The van der Waals surface area contributed by atoms with E-state index in [-0.39, 0.29) is 16.7 Å². The summed E-state index contributed by atoms with van der Waals surface area (Å²) in [6.07, 6.45) is -0.385. The van der Waals surface area contributed by atoms with Crippen LogP contribution in [0.4, 0.5) is 23.2 Å². The zero-order valence-corrected chi connectivity index (χ0v) is 16.5. The van der Waals surface area contributed by atoms with E-state index in [0.717, 1.165) is 30.2 Å². The number of halogens is 4. The van der Waals surface area contributed by atoms with Crippen LogP contribution in [0.5, 0.6) is 0 Å². The van der Waals surface area contributed by atoms with Crippen molar-refractivity contribution in [2.45, 2.75) is 51.2 Å². The summed E-state index contributed by atoms with van der Waals surface area (Å²) >= 11 is 0. The quantitative estimate of drug-likeness (QED) is 0.574. The van der Waals surface area contributed by atoms with E-state index in [1.54, 1.807) is 18.2 Å². The highest BCUT2D eigenvalue weighted by Gasteiger charge is 2.43. The summed E-state index contributed by atoms with van der Waals surface area (Å²) in [5.74, 6) is -2.31. The smallest absolute Gasteiger partial charge is 0.367 e. The van der Waals surface area contributed by atoms with E-state index in [1.165, 1.54) is 32.1 Å². The van der Waals surface area contributed by atoms with Crippen molar-refractivity contribution in [2.24, 2.45) is 0 Å². The molecule has 0 heterocycles. The predicted molar refractivity (Wildman–Crippen MR) is 106 cm³/mol. The summed E-state index contributed by atoms with van der Waals surface area (Å²) in [6, 6.07) is 10.0. The van der Waals surface area contributed by atoms with Crippen molar-refractivity contribution in [2.75, 3.05) is 5.32 Å². The Morgan fingerprint density at radius 1 is 1.07 bits per heavy atom. The number of allylic oxidation sites excluding steroid dienone is 1.